The zero-order chi connectivity index (χ0) is 30.9. The van der Waals surface area contributed by atoms with Gasteiger partial charge in [0.05, 0.1) is 0 Å². The van der Waals surface area contributed by atoms with Gasteiger partial charge < -0.3 is 5.11 Å². The number of hydrogen-bond donors (Lipinski definition) is 1. The number of carboxylic acid groups (broad SMARTS) is 1. The molecule has 0 aliphatic carbocycles. The molecule has 1 N–H and O–H groups in total. The molecule has 0 atom stereocenters. The number of aliphatic carboxylic acids is 1. The van der Waals surface area contributed by atoms with Crippen LogP contribution in [0.3, 0.4) is 0 Å². The van der Waals surface area contributed by atoms with Gasteiger partial charge in [-0.2, -0.15) is 92.2 Å². The van der Waals surface area contributed by atoms with Crippen LogP contribution in [-0.4, -0.2) is 70.6 Å². The van der Waals surface area contributed by atoms with E-state index in [-0.39, 0.29) is 6.92 Å². The van der Waals surface area contributed by atoms with E-state index in [0.29, 0.717) is 0 Å². The van der Waals surface area contributed by atoms with Crippen LogP contribution in [0.5, 0.6) is 0 Å². The van der Waals surface area contributed by atoms with E-state index < -0.39 is 77.1 Å². The topological polar surface area (TPSA) is 37.3 Å². The second-order valence-corrected chi connectivity index (χ2v) is 6.67. The van der Waals surface area contributed by atoms with Crippen molar-refractivity contribution in [2.75, 3.05) is 0 Å². The quantitative estimate of drug-likeness (QED) is 0.210. The molecule has 0 spiro atoms. The van der Waals surface area contributed by atoms with Gasteiger partial charge in [0.1, 0.15) is 5.57 Å². The van der Waals surface area contributed by atoms with Crippen LogP contribution < -0.4 is 0 Å². The minimum atomic E-state index is -9.27. The molecule has 0 rings (SSSR count). The molecule has 0 aliphatic rings. The number of alkyl halides is 21. The standard InChI is InChI=1S/C14H5F21O2/c1-2-3(4(36)37)5(15,16)6(17,18)7(19,20)8(21,22)9(23,24)10(25,26)11(27,28)12(29,30)13(31,32)14(33,34)35/h2H,1H3,(H,36,37). The monoisotopic (exact) mass is 604 g/mol. The van der Waals surface area contributed by atoms with Crippen molar-refractivity contribution >= 4 is 5.97 Å². The fourth-order valence-electron chi connectivity index (χ4n) is 2.17. The summed E-state index contributed by atoms with van der Waals surface area (Å²) < 4.78 is 276. The average Bonchev–Trinajstić information content (AvgIpc) is 2.65. The maximum absolute atomic E-state index is 13.6. The second kappa shape index (κ2) is 8.63. The lowest BCUT2D eigenvalue weighted by Gasteiger charge is -2.44. The van der Waals surface area contributed by atoms with Gasteiger partial charge in [0, 0.05) is 0 Å². The summed E-state index contributed by atoms with van der Waals surface area (Å²) in [5.41, 5.74) is -3.33. The molecule has 0 bridgehead atoms. The maximum Gasteiger partial charge on any atom is 0.460 e. The van der Waals surface area contributed by atoms with Gasteiger partial charge in [-0.15, -0.1) is 0 Å². The van der Waals surface area contributed by atoms with Gasteiger partial charge in [-0.1, -0.05) is 6.08 Å². The molecular weight excluding hydrogens is 599 g/mol. The van der Waals surface area contributed by atoms with Gasteiger partial charge in [-0.3, -0.25) is 0 Å². The van der Waals surface area contributed by atoms with E-state index in [1.54, 1.807) is 0 Å². The molecule has 0 aliphatic heterocycles. The third-order valence-electron chi connectivity index (χ3n) is 4.37. The Morgan fingerprint density at radius 2 is 0.676 bits per heavy atom. The van der Waals surface area contributed by atoms with Crippen molar-refractivity contribution in [1.29, 1.82) is 0 Å². The molecule has 220 valence electrons. The molecule has 37 heavy (non-hydrogen) atoms. The lowest BCUT2D eigenvalue weighted by molar-refractivity contribution is -0.473. The lowest BCUT2D eigenvalue weighted by Crippen LogP contribution is -2.77. The number of hydrogen-bond acceptors (Lipinski definition) is 1. The highest BCUT2D eigenvalue weighted by Gasteiger charge is 2.98. The van der Waals surface area contributed by atoms with Crippen LogP contribution >= 0.6 is 0 Å². The predicted molar refractivity (Wildman–Crippen MR) is 72.0 cm³/mol. The Morgan fingerprint density at radius 1 is 0.459 bits per heavy atom. The summed E-state index contributed by atoms with van der Waals surface area (Å²) >= 11 is 0. The summed E-state index contributed by atoms with van der Waals surface area (Å²) in [4.78, 5) is 10.4. The van der Waals surface area contributed by atoms with Gasteiger partial charge in [-0.05, 0) is 6.92 Å². The van der Waals surface area contributed by atoms with E-state index in [0.717, 1.165) is 0 Å². The number of halogens is 21. The fraction of sp³-hybridized carbons (Fsp3) is 0.786. The molecule has 2 nitrogen and oxygen atoms in total. The zero-order valence-corrected chi connectivity index (χ0v) is 16.4. The van der Waals surface area contributed by atoms with Gasteiger partial charge >= 0.3 is 65.4 Å². The minimum Gasteiger partial charge on any atom is -0.478 e. The molecule has 0 amide bonds. The van der Waals surface area contributed by atoms with E-state index in [1.807, 2.05) is 0 Å². The Hall–Kier alpha value is -2.26. The van der Waals surface area contributed by atoms with Crippen LogP contribution in [0.15, 0.2) is 11.6 Å². The van der Waals surface area contributed by atoms with Gasteiger partial charge in [-0.25, -0.2) is 4.79 Å². The Bertz CT molecular complexity index is 909. The first-order valence-corrected chi connectivity index (χ1v) is 8.01. The second-order valence-electron chi connectivity index (χ2n) is 6.67. The van der Waals surface area contributed by atoms with Gasteiger partial charge in [0.15, 0.2) is 0 Å². The van der Waals surface area contributed by atoms with Crippen LogP contribution in [0.25, 0.3) is 0 Å². The van der Waals surface area contributed by atoms with E-state index >= 15 is 0 Å². The van der Waals surface area contributed by atoms with Crippen molar-refractivity contribution in [2.45, 2.75) is 66.4 Å². The Balaban J connectivity index is 7.24. The molecule has 0 radical (unpaired) electrons. The van der Waals surface area contributed by atoms with Gasteiger partial charge in [0.2, 0.25) is 0 Å². The molecule has 0 fully saturated rings. The summed E-state index contributed by atoms with van der Waals surface area (Å²) in [5.74, 6) is -82.1. The summed E-state index contributed by atoms with van der Waals surface area (Å²) in [6.45, 7) is -0.00402. The normalized spacial score (nSPS) is 16.8. The molecule has 0 aromatic carbocycles. The van der Waals surface area contributed by atoms with Gasteiger partial charge in [0.25, 0.3) is 0 Å². The molecule has 0 aromatic heterocycles. The Morgan fingerprint density at radius 3 is 0.865 bits per heavy atom. The highest BCUT2D eigenvalue weighted by molar-refractivity contribution is 5.88. The third-order valence-corrected chi connectivity index (χ3v) is 4.37. The number of carboxylic acids is 1. The number of allylic oxidation sites excluding steroid dienone is 1. The van der Waals surface area contributed by atoms with E-state index in [9.17, 15) is 97.0 Å². The molecule has 0 aromatic rings. The smallest absolute Gasteiger partial charge is 0.460 e. The van der Waals surface area contributed by atoms with E-state index in [4.69, 9.17) is 5.11 Å². The fourth-order valence-corrected chi connectivity index (χ4v) is 2.17. The van der Waals surface area contributed by atoms with Crippen LogP contribution in [-0.2, 0) is 4.79 Å². The first-order valence-electron chi connectivity index (χ1n) is 8.01. The average molecular weight is 604 g/mol. The van der Waals surface area contributed by atoms with Crippen LogP contribution in [0.1, 0.15) is 6.92 Å². The van der Waals surface area contributed by atoms with Crippen molar-refractivity contribution in [3.05, 3.63) is 11.6 Å². The van der Waals surface area contributed by atoms with E-state index in [1.165, 1.54) is 0 Å². The zero-order valence-electron chi connectivity index (χ0n) is 16.4. The first kappa shape index (κ1) is 34.7. The Kier molecular flexibility index (Phi) is 8.10. The first-order chi connectivity index (χ1) is 15.6. The van der Waals surface area contributed by atoms with Crippen LogP contribution in [0.4, 0.5) is 92.2 Å². The van der Waals surface area contributed by atoms with Crippen molar-refractivity contribution in [2.24, 2.45) is 0 Å². The highest BCUT2D eigenvalue weighted by Crippen LogP contribution is 2.66. The van der Waals surface area contributed by atoms with E-state index in [2.05, 4.69) is 0 Å². The minimum absolute atomic E-state index is 0.00402. The molecule has 0 heterocycles. The van der Waals surface area contributed by atoms with Crippen molar-refractivity contribution < 1.29 is 102 Å². The van der Waals surface area contributed by atoms with Crippen molar-refractivity contribution in [3.63, 3.8) is 0 Å². The SMILES string of the molecule is CC=C(C(=O)O)C(F)(F)C(F)(F)C(F)(F)C(F)(F)C(F)(F)C(F)(F)C(F)(F)C(F)(F)C(F)(F)C(F)(F)F. The van der Waals surface area contributed by atoms with Crippen molar-refractivity contribution in [1.82, 2.24) is 0 Å². The summed E-state index contributed by atoms with van der Waals surface area (Å²) in [6.07, 6.45) is -8.81. The van der Waals surface area contributed by atoms with Crippen LogP contribution in [0.2, 0.25) is 0 Å². The maximum atomic E-state index is 13.6. The molecular formula is C14H5F21O2. The molecule has 0 saturated heterocycles. The summed E-state index contributed by atoms with van der Waals surface area (Å²) in [6, 6.07) is 0. The lowest BCUT2D eigenvalue weighted by atomic mass is 9.85. The molecule has 0 saturated carbocycles. The summed E-state index contributed by atoms with van der Waals surface area (Å²) in [7, 11) is 0. The van der Waals surface area contributed by atoms with Crippen molar-refractivity contribution in [3.8, 4) is 0 Å². The predicted octanol–water partition coefficient (Wildman–Crippen LogP) is 7.30. The third kappa shape index (κ3) is 4.13. The number of carbonyl (C=O) groups is 1. The summed E-state index contributed by atoms with van der Waals surface area (Å²) in [5, 5.41) is 8.24. The van der Waals surface area contributed by atoms with Crippen LogP contribution in [0, 0.1) is 0 Å². The Labute approximate surface area is 187 Å². The highest BCUT2D eigenvalue weighted by atomic mass is 19.4. The largest absolute Gasteiger partial charge is 0.478 e. The molecule has 23 heteroatoms. The molecule has 0 unspecified atom stereocenters. The number of rotatable bonds is 10.